The first-order valence-electron chi connectivity index (χ1n) is 5.96. The number of hydrogen-bond acceptors (Lipinski definition) is 6. The lowest BCUT2D eigenvalue weighted by Gasteiger charge is -2.04. The van der Waals surface area contributed by atoms with Crippen molar-refractivity contribution in [2.45, 2.75) is 30.3 Å². The Morgan fingerprint density at radius 3 is 3.26 bits per heavy atom. The van der Waals surface area contributed by atoms with Crippen molar-refractivity contribution in [3.63, 3.8) is 0 Å². The number of amides is 1. The van der Waals surface area contributed by atoms with Crippen molar-refractivity contribution >= 4 is 29.0 Å². The molecule has 100 valence electrons. The highest BCUT2D eigenvalue weighted by molar-refractivity contribution is 8.00. The van der Waals surface area contributed by atoms with Crippen molar-refractivity contribution in [3.05, 3.63) is 22.7 Å². The fraction of sp³-hybridized carbons (Fsp3) is 0.455. The standard InChI is InChI=1S/C11H13N5OS2/c1-18-11-13-7(6-19-11)10(17)12-5-9-15-14-8-3-2-4-16(8)9/h6H,2-5H2,1H3,(H,12,17). The maximum atomic E-state index is 11.9. The van der Waals surface area contributed by atoms with Crippen LogP contribution in [0.25, 0.3) is 0 Å². The zero-order chi connectivity index (χ0) is 13.2. The third kappa shape index (κ3) is 2.50. The molecule has 3 heterocycles. The second kappa shape index (κ2) is 5.30. The molecule has 2 aromatic heterocycles. The Morgan fingerprint density at radius 2 is 2.47 bits per heavy atom. The number of fused-ring (bicyclic) bond motifs is 1. The van der Waals surface area contributed by atoms with E-state index in [4.69, 9.17) is 0 Å². The second-order valence-electron chi connectivity index (χ2n) is 4.17. The lowest BCUT2D eigenvalue weighted by Crippen LogP contribution is -2.25. The van der Waals surface area contributed by atoms with Crippen LogP contribution in [0.4, 0.5) is 0 Å². The molecule has 3 rings (SSSR count). The van der Waals surface area contributed by atoms with E-state index in [9.17, 15) is 4.79 Å². The topological polar surface area (TPSA) is 72.7 Å². The number of hydrogen-bond donors (Lipinski definition) is 1. The van der Waals surface area contributed by atoms with Crippen molar-refractivity contribution in [2.24, 2.45) is 0 Å². The summed E-state index contributed by atoms with van der Waals surface area (Å²) in [4.78, 5) is 16.2. The molecule has 1 amide bonds. The molecule has 0 spiro atoms. The third-order valence-corrected chi connectivity index (χ3v) is 4.85. The summed E-state index contributed by atoms with van der Waals surface area (Å²) in [5, 5.41) is 12.8. The van der Waals surface area contributed by atoms with Crippen LogP contribution in [0.3, 0.4) is 0 Å². The normalized spacial score (nSPS) is 13.5. The van der Waals surface area contributed by atoms with Gasteiger partial charge in [0.1, 0.15) is 15.9 Å². The third-order valence-electron chi connectivity index (χ3n) is 2.98. The summed E-state index contributed by atoms with van der Waals surface area (Å²) in [6.45, 7) is 1.35. The molecule has 19 heavy (non-hydrogen) atoms. The maximum absolute atomic E-state index is 11.9. The number of aromatic nitrogens is 4. The Kier molecular flexibility index (Phi) is 3.52. The van der Waals surface area contributed by atoms with Gasteiger partial charge in [0.05, 0.1) is 6.54 Å². The number of rotatable bonds is 4. The monoisotopic (exact) mass is 295 g/mol. The molecule has 0 radical (unpaired) electrons. The molecule has 0 saturated carbocycles. The summed E-state index contributed by atoms with van der Waals surface area (Å²) in [7, 11) is 0. The minimum absolute atomic E-state index is 0.160. The van der Waals surface area contributed by atoms with Gasteiger partial charge in [-0.2, -0.15) is 0 Å². The second-order valence-corrected chi connectivity index (χ2v) is 6.08. The average Bonchev–Trinajstić information content (AvgIpc) is 3.12. The molecule has 0 aliphatic carbocycles. The lowest BCUT2D eigenvalue weighted by molar-refractivity contribution is 0.0944. The Labute approximate surface area is 118 Å². The van der Waals surface area contributed by atoms with Crippen molar-refractivity contribution < 1.29 is 4.79 Å². The fourth-order valence-electron chi connectivity index (χ4n) is 2.05. The van der Waals surface area contributed by atoms with Crippen LogP contribution in [0.1, 0.15) is 28.6 Å². The highest BCUT2D eigenvalue weighted by atomic mass is 32.2. The van der Waals surface area contributed by atoms with Gasteiger partial charge >= 0.3 is 0 Å². The Morgan fingerprint density at radius 1 is 1.58 bits per heavy atom. The van der Waals surface area contributed by atoms with E-state index in [1.165, 1.54) is 11.3 Å². The molecule has 0 bridgehead atoms. The van der Waals surface area contributed by atoms with Crippen LogP contribution < -0.4 is 5.32 Å². The molecule has 1 aliphatic heterocycles. The first-order chi connectivity index (χ1) is 9.28. The van der Waals surface area contributed by atoms with Gasteiger partial charge in [0.2, 0.25) is 0 Å². The highest BCUT2D eigenvalue weighted by Gasteiger charge is 2.18. The van der Waals surface area contributed by atoms with Gasteiger partial charge in [0.25, 0.3) is 5.91 Å². The van der Waals surface area contributed by atoms with Crippen LogP contribution in [-0.2, 0) is 19.5 Å². The summed E-state index contributed by atoms with van der Waals surface area (Å²) < 4.78 is 2.97. The number of nitrogens with zero attached hydrogens (tertiary/aromatic N) is 4. The van der Waals surface area contributed by atoms with E-state index in [-0.39, 0.29) is 5.91 Å². The Hall–Kier alpha value is -1.41. The molecule has 0 unspecified atom stereocenters. The number of nitrogens with one attached hydrogen (secondary N) is 1. The van der Waals surface area contributed by atoms with Gasteiger partial charge < -0.3 is 9.88 Å². The average molecular weight is 295 g/mol. The summed E-state index contributed by atoms with van der Waals surface area (Å²) in [6.07, 6.45) is 4.03. The van der Waals surface area contributed by atoms with E-state index in [0.29, 0.717) is 12.2 Å². The molecule has 0 aromatic carbocycles. The molecular weight excluding hydrogens is 282 g/mol. The van der Waals surface area contributed by atoms with Crippen LogP contribution >= 0.6 is 23.1 Å². The maximum Gasteiger partial charge on any atom is 0.271 e. The largest absolute Gasteiger partial charge is 0.343 e. The number of carbonyl (C=O) groups is 1. The van der Waals surface area contributed by atoms with Crippen LogP contribution in [0.5, 0.6) is 0 Å². The first-order valence-corrected chi connectivity index (χ1v) is 8.07. The number of carbonyl (C=O) groups excluding carboxylic acids is 1. The van der Waals surface area contributed by atoms with Gasteiger partial charge in [-0.25, -0.2) is 4.98 Å². The number of aryl methyl sites for hydroxylation is 1. The quantitative estimate of drug-likeness (QED) is 0.862. The molecule has 6 nitrogen and oxygen atoms in total. The fourth-order valence-corrected chi connectivity index (χ4v) is 3.29. The highest BCUT2D eigenvalue weighted by Crippen LogP contribution is 2.19. The summed E-state index contributed by atoms with van der Waals surface area (Å²) in [6, 6.07) is 0. The minimum Gasteiger partial charge on any atom is -0.343 e. The van der Waals surface area contributed by atoms with E-state index >= 15 is 0 Å². The van der Waals surface area contributed by atoms with Crippen LogP contribution in [0, 0.1) is 0 Å². The Balaban J connectivity index is 1.64. The zero-order valence-corrected chi connectivity index (χ0v) is 12.1. The molecule has 0 atom stereocenters. The van der Waals surface area contributed by atoms with Crippen LogP contribution in [-0.4, -0.2) is 31.9 Å². The van der Waals surface area contributed by atoms with E-state index in [1.54, 1.807) is 17.1 Å². The molecule has 2 aromatic rings. The van der Waals surface area contributed by atoms with Crippen molar-refractivity contribution in [2.75, 3.05) is 6.26 Å². The van der Waals surface area contributed by atoms with E-state index < -0.39 is 0 Å². The molecule has 0 saturated heterocycles. The number of thiazole rings is 1. The summed E-state index contributed by atoms with van der Waals surface area (Å²) in [5.41, 5.74) is 0.468. The smallest absolute Gasteiger partial charge is 0.271 e. The van der Waals surface area contributed by atoms with Gasteiger partial charge in [-0.15, -0.1) is 21.5 Å². The molecular formula is C11H13N5OS2. The molecule has 8 heteroatoms. The van der Waals surface area contributed by atoms with Gasteiger partial charge in [0.15, 0.2) is 5.82 Å². The van der Waals surface area contributed by atoms with Crippen molar-refractivity contribution in [1.82, 2.24) is 25.1 Å². The van der Waals surface area contributed by atoms with Gasteiger partial charge in [-0.1, -0.05) is 11.8 Å². The molecule has 0 fully saturated rings. The van der Waals surface area contributed by atoms with Crippen LogP contribution in [0.2, 0.25) is 0 Å². The van der Waals surface area contributed by atoms with Gasteiger partial charge in [0, 0.05) is 18.3 Å². The molecule has 1 aliphatic rings. The van der Waals surface area contributed by atoms with E-state index in [2.05, 4.69) is 25.1 Å². The van der Waals surface area contributed by atoms with Gasteiger partial charge in [-0.3, -0.25) is 4.79 Å². The predicted octanol–water partition coefficient (Wildman–Crippen LogP) is 1.33. The van der Waals surface area contributed by atoms with Gasteiger partial charge in [-0.05, 0) is 12.7 Å². The minimum atomic E-state index is -0.160. The SMILES string of the molecule is CSc1nc(C(=O)NCc2nnc3n2CCC3)cs1. The Bertz CT molecular complexity index is 606. The summed E-state index contributed by atoms with van der Waals surface area (Å²) >= 11 is 3.02. The zero-order valence-electron chi connectivity index (χ0n) is 10.4. The first kappa shape index (κ1) is 12.6. The van der Waals surface area contributed by atoms with Crippen molar-refractivity contribution in [3.8, 4) is 0 Å². The predicted molar refractivity (Wildman–Crippen MR) is 73.4 cm³/mol. The molecule has 1 N–H and O–H groups in total. The van der Waals surface area contributed by atoms with E-state index in [1.807, 2.05) is 6.26 Å². The van der Waals surface area contributed by atoms with E-state index in [0.717, 1.165) is 35.4 Å². The van der Waals surface area contributed by atoms with Crippen LogP contribution in [0.15, 0.2) is 9.72 Å². The van der Waals surface area contributed by atoms with Crippen molar-refractivity contribution in [1.29, 1.82) is 0 Å². The lowest BCUT2D eigenvalue weighted by atomic mass is 10.4. The summed E-state index contributed by atoms with van der Waals surface area (Å²) in [5.74, 6) is 1.68. The number of thioether (sulfide) groups is 1.